The van der Waals surface area contributed by atoms with Gasteiger partial charge in [-0.05, 0) is 48.9 Å². The zero-order valence-electron chi connectivity index (χ0n) is 15.7. The van der Waals surface area contributed by atoms with Crippen molar-refractivity contribution in [2.75, 3.05) is 0 Å². The Bertz CT molecular complexity index is 746. The predicted molar refractivity (Wildman–Crippen MR) is 106 cm³/mol. The van der Waals surface area contributed by atoms with Gasteiger partial charge in [0.15, 0.2) is 0 Å². The summed E-state index contributed by atoms with van der Waals surface area (Å²) in [7, 11) is 0. The third kappa shape index (κ3) is 3.34. The summed E-state index contributed by atoms with van der Waals surface area (Å²) in [5.74, 6) is 0.652. The Balaban J connectivity index is 2.76. The molecule has 2 nitrogen and oxygen atoms in total. The van der Waals surface area contributed by atoms with E-state index in [-0.39, 0.29) is 5.41 Å². The maximum absolute atomic E-state index is 10.6. The summed E-state index contributed by atoms with van der Waals surface area (Å²) in [6.07, 6.45) is 4.82. The largest absolute Gasteiger partial charge is 0.507 e. The van der Waals surface area contributed by atoms with Crippen LogP contribution in [-0.4, -0.2) is 10.2 Å². The van der Waals surface area contributed by atoms with Crippen molar-refractivity contribution in [2.24, 2.45) is 0 Å². The summed E-state index contributed by atoms with van der Waals surface area (Å²) in [6.45, 7) is 15.7. The Kier molecular flexibility index (Phi) is 5.42. The number of allylic oxidation sites excluding steroid dienone is 2. The van der Waals surface area contributed by atoms with Gasteiger partial charge in [-0.2, -0.15) is 0 Å². The fourth-order valence-corrected chi connectivity index (χ4v) is 3.52. The zero-order chi connectivity index (χ0) is 18.8. The first kappa shape index (κ1) is 18.9. The molecule has 0 aliphatic carbocycles. The van der Waals surface area contributed by atoms with Crippen molar-refractivity contribution in [1.29, 1.82) is 0 Å². The number of rotatable bonds is 6. The van der Waals surface area contributed by atoms with Gasteiger partial charge in [-0.25, -0.2) is 0 Å². The lowest BCUT2D eigenvalue weighted by molar-refractivity contribution is 0.457. The molecule has 2 rings (SSSR count). The topological polar surface area (TPSA) is 40.5 Å². The van der Waals surface area contributed by atoms with Gasteiger partial charge >= 0.3 is 0 Å². The molecular weight excluding hydrogens is 308 g/mol. The lowest BCUT2D eigenvalue weighted by atomic mass is 9.72. The number of hydrogen-bond acceptors (Lipinski definition) is 2. The molecule has 0 spiro atoms. The van der Waals surface area contributed by atoms with Gasteiger partial charge in [-0.15, -0.1) is 13.2 Å². The Labute approximate surface area is 151 Å². The summed E-state index contributed by atoms with van der Waals surface area (Å²) < 4.78 is 0. The molecule has 0 unspecified atom stereocenters. The average molecular weight is 336 g/mol. The van der Waals surface area contributed by atoms with E-state index in [1.807, 2.05) is 38.1 Å². The first-order valence-corrected chi connectivity index (χ1v) is 8.61. The molecule has 132 valence electrons. The van der Waals surface area contributed by atoms with Crippen LogP contribution in [0.2, 0.25) is 0 Å². The van der Waals surface area contributed by atoms with Crippen LogP contribution in [0.5, 0.6) is 11.5 Å². The molecular formula is C23H28O2. The van der Waals surface area contributed by atoms with E-state index in [9.17, 15) is 10.2 Å². The van der Waals surface area contributed by atoms with E-state index in [4.69, 9.17) is 0 Å². The van der Waals surface area contributed by atoms with E-state index in [0.717, 1.165) is 33.4 Å². The highest BCUT2D eigenvalue weighted by Crippen LogP contribution is 2.42. The van der Waals surface area contributed by atoms with Crippen molar-refractivity contribution in [2.45, 2.75) is 46.0 Å². The number of aryl methyl sites for hydroxylation is 2. The van der Waals surface area contributed by atoms with E-state index < -0.39 is 0 Å². The van der Waals surface area contributed by atoms with Gasteiger partial charge in [0.1, 0.15) is 11.5 Å². The second-order valence-corrected chi connectivity index (χ2v) is 7.12. The molecule has 25 heavy (non-hydrogen) atoms. The number of phenolic OH excluding ortho intramolecular Hbond substituents is 2. The molecule has 0 amide bonds. The van der Waals surface area contributed by atoms with E-state index in [1.54, 1.807) is 0 Å². The highest BCUT2D eigenvalue weighted by atomic mass is 16.3. The summed E-state index contributed by atoms with van der Waals surface area (Å²) in [4.78, 5) is 0. The standard InChI is InChI=1S/C23H28O2/c1-7-9-17-19(13-11-15(3)21(17)24)23(5,6)20-14-12-16(4)22(25)18(20)10-8-2/h7-8,11-14,24-25H,1-2,9-10H2,3-6H3. The van der Waals surface area contributed by atoms with Gasteiger partial charge in [0.25, 0.3) is 0 Å². The quantitative estimate of drug-likeness (QED) is 0.684. The van der Waals surface area contributed by atoms with Gasteiger partial charge in [0.2, 0.25) is 0 Å². The minimum Gasteiger partial charge on any atom is -0.507 e. The minimum absolute atomic E-state index is 0.326. The molecule has 0 saturated heterocycles. The van der Waals surface area contributed by atoms with Gasteiger partial charge < -0.3 is 10.2 Å². The van der Waals surface area contributed by atoms with Crippen LogP contribution in [0.25, 0.3) is 0 Å². The lowest BCUT2D eigenvalue weighted by Crippen LogP contribution is -2.23. The molecule has 0 fully saturated rings. The zero-order valence-corrected chi connectivity index (χ0v) is 15.7. The Morgan fingerprint density at radius 2 is 1.16 bits per heavy atom. The van der Waals surface area contributed by atoms with E-state index in [0.29, 0.717) is 24.3 Å². The molecule has 0 aliphatic rings. The smallest absolute Gasteiger partial charge is 0.122 e. The SMILES string of the molecule is C=CCc1c(C(C)(C)c2ccc(C)c(O)c2CC=C)ccc(C)c1O. The summed E-state index contributed by atoms with van der Waals surface area (Å²) in [5, 5.41) is 21.2. The first-order chi connectivity index (χ1) is 11.8. The van der Waals surface area contributed by atoms with Crippen LogP contribution in [0.3, 0.4) is 0 Å². The van der Waals surface area contributed by atoms with Crippen molar-refractivity contribution >= 4 is 0 Å². The summed E-state index contributed by atoms with van der Waals surface area (Å²) >= 11 is 0. The third-order valence-electron chi connectivity index (χ3n) is 5.01. The lowest BCUT2D eigenvalue weighted by Gasteiger charge is -2.32. The number of phenols is 2. The van der Waals surface area contributed by atoms with Crippen LogP contribution in [0.1, 0.15) is 47.2 Å². The molecule has 0 saturated carbocycles. The van der Waals surface area contributed by atoms with Crippen LogP contribution in [0, 0.1) is 13.8 Å². The molecule has 0 atom stereocenters. The monoisotopic (exact) mass is 336 g/mol. The second kappa shape index (κ2) is 7.18. The van der Waals surface area contributed by atoms with Crippen LogP contribution < -0.4 is 0 Å². The van der Waals surface area contributed by atoms with Crippen LogP contribution >= 0.6 is 0 Å². The van der Waals surface area contributed by atoms with Crippen molar-refractivity contribution in [3.8, 4) is 11.5 Å². The molecule has 2 aromatic carbocycles. The normalized spacial score (nSPS) is 11.4. The second-order valence-electron chi connectivity index (χ2n) is 7.12. The maximum Gasteiger partial charge on any atom is 0.122 e. The summed E-state index contributed by atoms with van der Waals surface area (Å²) in [5.41, 5.74) is 5.21. The van der Waals surface area contributed by atoms with Gasteiger partial charge in [0, 0.05) is 16.5 Å². The summed E-state index contributed by atoms with van der Waals surface area (Å²) in [6, 6.07) is 8.03. The molecule has 2 heteroatoms. The number of benzene rings is 2. The molecule has 0 heterocycles. The Morgan fingerprint density at radius 1 is 0.800 bits per heavy atom. The molecule has 0 radical (unpaired) electrons. The highest BCUT2D eigenvalue weighted by Gasteiger charge is 2.30. The third-order valence-corrected chi connectivity index (χ3v) is 5.01. The highest BCUT2D eigenvalue weighted by molar-refractivity contribution is 5.56. The molecule has 0 aliphatic heterocycles. The predicted octanol–water partition coefficient (Wildman–Crippen LogP) is 5.50. The van der Waals surface area contributed by atoms with Crippen LogP contribution in [0.4, 0.5) is 0 Å². The fraction of sp³-hybridized carbons (Fsp3) is 0.304. The minimum atomic E-state index is -0.382. The van der Waals surface area contributed by atoms with Crippen molar-refractivity contribution in [3.05, 3.63) is 83.0 Å². The van der Waals surface area contributed by atoms with E-state index in [2.05, 4.69) is 39.1 Å². The van der Waals surface area contributed by atoms with E-state index in [1.165, 1.54) is 0 Å². The first-order valence-electron chi connectivity index (χ1n) is 8.61. The van der Waals surface area contributed by atoms with Crippen LogP contribution in [0.15, 0.2) is 49.6 Å². The van der Waals surface area contributed by atoms with Crippen LogP contribution in [-0.2, 0) is 18.3 Å². The average Bonchev–Trinajstić information content (AvgIpc) is 2.56. The maximum atomic E-state index is 10.6. The fourth-order valence-electron chi connectivity index (χ4n) is 3.52. The van der Waals surface area contributed by atoms with Gasteiger partial charge in [-0.3, -0.25) is 0 Å². The molecule has 2 aromatic rings. The Hall–Kier alpha value is -2.48. The van der Waals surface area contributed by atoms with E-state index >= 15 is 0 Å². The number of hydrogen-bond donors (Lipinski definition) is 2. The molecule has 2 N–H and O–H groups in total. The van der Waals surface area contributed by atoms with Crippen molar-refractivity contribution < 1.29 is 10.2 Å². The van der Waals surface area contributed by atoms with Crippen molar-refractivity contribution in [1.82, 2.24) is 0 Å². The number of aromatic hydroxyl groups is 2. The van der Waals surface area contributed by atoms with Gasteiger partial charge in [0.05, 0.1) is 0 Å². The van der Waals surface area contributed by atoms with Gasteiger partial charge in [-0.1, -0.05) is 50.3 Å². The Morgan fingerprint density at radius 3 is 1.48 bits per heavy atom. The molecule has 0 aromatic heterocycles. The van der Waals surface area contributed by atoms with Crippen molar-refractivity contribution in [3.63, 3.8) is 0 Å². The molecule has 0 bridgehead atoms.